The molecular formula is C24H26F3N3O5. The number of methoxy groups -OCH3 is 1. The Morgan fingerprint density at radius 3 is 2.46 bits per heavy atom. The van der Waals surface area contributed by atoms with Gasteiger partial charge in [-0.2, -0.15) is 5.10 Å². The summed E-state index contributed by atoms with van der Waals surface area (Å²) >= 11 is 0. The van der Waals surface area contributed by atoms with Crippen LogP contribution in [0.3, 0.4) is 0 Å². The van der Waals surface area contributed by atoms with E-state index in [1.54, 1.807) is 37.3 Å². The highest BCUT2D eigenvalue weighted by molar-refractivity contribution is 6.06. The minimum Gasteiger partial charge on any atom is -0.493 e. The van der Waals surface area contributed by atoms with Gasteiger partial charge in [0.2, 0.25) is 5.91 Å². The maximum absolute atomic E-state index is 12.9. The molecule has 188 valence electrons. The lowest BCUT2D eigenvalue weighted by Crippen LogP contribution is -2.36. The van der Waals surface area contributed by atoms with Crippen LogP contribution < -0.4 is 14.8 Å². The van der Waals surface area contributed by atoms with Gasteiger partial charge in [0.25, 0.3) is 0 Å². The van der Waals surface area contributed by atoms with Crippen LogP contribution in [0.1, 0.15) is 37.8 Å². The van der Waals surface area contributed by atoms with Crippen LogP contribution >= 0.6 is 0 Å². The van der Waals surface area contributed by atoms with Crippen LogP contribution in [0.4, 0.5) is 23.7 Å². The smallest absolute Gasteiger partial charge is 0.493 e. The van der Waals surface area contributed by atoms with Crippen molar-refractivity contribution in [3.05, 3.63) is 53.6 Å². The fourth-order valence-electron chi connectivity index (χ4n) is 3.63. The molecule has 0 fully saturated rings. The SMILES string of the molecule is CCOC(=O)Nc1ccc(CN2N=C(c3ccc(OC)c(OC(F)(F)F)c3)C(CC)CC2=O)cc1. The van der Waals surface area contributed by atoms with Crippen molar-refractivity contribution in [2.45, 2.75) is 39.6 Å². The Hall–Kier alpha value is -3.76. The van der Waals surface area contributed by atoms with Crippen LogP contribution in [0.25, 0.3) is 0 Å². The van der Waals surface area contributed by atoms with Gasteiger partial charge in [0.05, 0.1) is 26.0 Å². The third-order valence-electron chi connectivity index (χ3n) is 5.31. The van der Waals surface area contributed by atoms with Crippen molar-refractivity contribution in [1.29, 1.82) is 0 Å². The fourth-order valence-corrected chi connectivity index (χ4v) is 3.63. The molecule has 35 heavy (non-hydrogen) atoms. The molecule has 0 aliphatic carbocycles. The molecule has 0 aromatic heterocycles. The van der Waals surface area contributed by atoms with Crippen molar-refractivity contribution in [3.8, 4) is 11.5 Å². The van der Waals surface area contributed by atoms with E-state index in [0.717, 1.165) is 5.56 Å². The van der Waals surface area contributed by atoms with Crippen molar-refractivity contribution in [1.82, 2.24) is 5.01 Å². The molecule has 1 heterocycles. The van der Waals surface area contributed by atoms with Gasteiger partial charge < -0.3 is 14.2 Å². The molecule has 0 saturated heterocycles. The van der Waals surface area contributed by atoms with E-state index in [1.807, 2.05) is 6.92 Å². The number of nitrogens with one attached hydrogen (secondary N) is 1. The number of nitrogens with zero attached hydrogens (tertiary/aromatic N) is 2. The lowest BCUT2D eigenvalue weighted by molar-refractivity contribution is -0.275. The van der Waals surface area contributed by atoms with Crippen LogP contribution in [-0.4, -0.2) is 42.8 Å². The number of carbonyl (C=O) groups is 2. The van der Waals surface area contributed by atoms with Crippen molar-refractivity contribution in [3.63, 3.8) is 0 Å². The number of rotatable bonds is 8. The van der Waals surface area contributed by atoms with E-state index < -0.39 is 18.2 Å². The summed E-state index contributed by atoms with van der Waals surface area (Å²) in [4.78, 5) is 24.3. The van der Waals surface area contributed by atoms with Gasteiger partial charge in [-0.05, 0) is 49.2 Å². The highest BCUT2D eigenvalue weighted by atomic mass is 19.4. The minimum atomic E-state index is -4.89. The Bertz CT molecular complexity index is 1090. The molecule has 3 rings (SSSR count). The highest BCUT2D eigenvalue weighted by Crippen LogP contribution is 2.35. The van der Waals surface area contributed by atoms with Crippen molar-refractivity contribution in [2.24, 2.45) is 11.0 Å². The molecule has 0 radical (unpaired) electrons. The third kappa shape index (κ3) is 6.87. The quantitative estimate of drug-likeness (QED) is 0.537. The van der Waals surface area contributed by atoms with Gasteiger partial charge in [-0.3, -0.25) is 10.1 Å². The lowest BCUT2D eigenvalue weighted by Gasteiger charge is -2.29. The summed E-state index contributed by atoms with van der Waals surface area (Å²) in [5.74, 6) is -1.01. The summed E-state index contributed by atoms with van der Waals surface area (Å²) in [5.41, 5.74) is 2.18. The molecule has 0 spiro atoms. The molecule has 1 N–H and O–H groups in total. The van der Waals surface area contributed by atoms with Crippen LogP contribution in [0.2, 0.25) is 0 Å². The maximum atomic E-state index is 12.9. The maximum Gasteiger partial charge on any atom is 0.573 e. The predicted molar refractivity (Wildman–Crippen MR) is 122 cm³/mol. The van der Waals surface area contributed by atoms with E-state index in [1.165, 1.54) is 24.3 Å². The van der Waals surface area contributed by atoms with Crippen LogP contribution in [0.5, 0.6) is 11.5 Å². The van der Waals surface area contributed by atoms with Gasteiger partial charge in [0.15, 0.2) is 11.5 Å². The number of anilines is 1. The summed E-state index contributed by atoms with van der Waals surface area (Å²) < 4.78 is 52.6. The monoisotopic (exact) mass is 493 g/mol. The Balaban J connectivity index is 1.86. The zero-order valence-electron chi connectivity index (χ0n) is 19.5. The van der Waals surface area contributed by atoms with Gasteiger partial charge in [-0.15, -0.1) is 13.2 Å². The number of halogens is 3. The number of ether oxygens (including phenoxy) is 3. The number of carbonyl (C=O) groups excluding carboxylic acids is 2. The summed E-state index contributed by atoms with van der Waals surface area (Å²) in [6.07, 6.45) is -4.71. The van der Waals surface area contributed by atoms with Gasteiger partial charge in [0, 0.05) is 23.6 Å². The van der Waals surface area contributed by atoms with E-state index in [2.05, 4.69) is 15.2 Å². The molecule has 1 atom stereocenters. The van der Waals surface area contributed by atoms with Crippen LogP contribution in [0, 0.1) is 5.92 Å². The molecule has 2 aromatic carbocycles. The molecular weight excluding hydrogens is 467 g/mol. The topological polar surface area (TPSA) is 89.5 Å². The second kappa shape index (κ2) is 11.1. The van der Waals surface area contributed by atoms with E-state index in [4.69, 9.17) is 9.47 Å². The Kier molecular flexibility index (Phi) is 8.21. The average Bonchev–Trinajstić information content (AvgIpc) is 2.80. The van der Waals surface area contributed by atoms with E-state index in [-0.39, 0.29) is 37.1 Å². The molecule has 2 amide bonds. The first kappa shape index (κ1) is 25.9. The number of amides is 2. The number of hydrogen-bond donors (Lipinski definition) is 1. The standard InChI is InChI=1S/C24H26F3N3O5/c1-4-16-13-21(31)30(14-15-6-9-18(10-7-15)28-23(32)34-5-2)29-22(16)17-8-11-19(33-3)20(12-17)35-24(25,26)27/h6-12,16H,4-5,13-14H2,1-3H3,(H,28,32). The lowest BCUT2D eigenvalue weighted by atomic mass is 9.89. The Morgan fingerprint density at radius 2 is 1.86 bits per heavy atom. The first-order valence-electron chi connectivity index (χ1n) is 11.0. The summed E-state index contributed by atoms with van der Waals surface area (Å²) in [6, 6.07) is 11.0. The second-order valence-corrected chi connectivity index (χ2v) is 7.70. The molecule has 1 unspecified atom stereocenters. The molecule has 11 heteroatoms. The molecule has 0 saturated carbocycles. The van der Waals surface area contributed by atoms with Crippen molar-refractivity contribution >= 4 is 23.4 Å². The number of benzene rings is 2. The third-order valence-corrected chi connectivity index (χ3v) is 5.31. The van der Waals surface area contributed by atoms with Gasteiger partial charge >= 0.3 is 12.5 Å². The van der Waals surface area contributed by atoms with Gasteiger partial charge in [0.1, 0.15) is 0 Å². The minimum absolute atomic E-state index is 0.0695. The molecule has 2 aromatic rings. The summed E-state index contributed by atoms with van der Waals surface area (Å²) in [7, 11) is 1.25. The fraction of sp³-hybridized carbons (Fsp3) is 0.375. The average molecular weight is 493 g/mol. The van der Waals surface area contributed by atoms with E-state index in [9.17, 15) is 22.8 Å². The Morgan fingerprint density at radius 1 is 1.14 bits per heavy atom. The summed E-state index contributed by atoms with van der Waals surface area (Å²) in [5, 5.41) is 8.38. The van der Waals surface area contributed by atoms with Crippen LogP contribution in [-0.2, 0) is 16.1 Å². The second-order valence-electron chi connectivity index (χ2n) is 7.70. The largest absolute Gasteiger partial charge is 0.573 e. The van der Waals surface area contributed by atoms with Crippen molar-refractivity contribution < 1.29 is 37.0 Å². The zero-order chi connectivity index (χ0) is 25.6. The van der Waals surface area contributed by atoms with E-state index >= 15 is 0 Å². The number of hydrazone groups is 1. The molecule has 8 nitrogen and oxygen atoms in total. The van der Waals surface area contributed by atoms with Gasteiger partial charge in [-0.1, -0.05) is 19.1 Å². The first-order chi connectivity index (χ1) is 16.6. The highest BCUT2D eigenvalue weighted by Gasteiger charge is 2.34. The first-order valence-corrected chi connectivity index (χ1v) is 11.0. The zero-order valence-corrected chi connectivity index (χ0v) is 19.5. The molecule has 1 aliphatic rings. The van der Waals surface area contributed by atoms with E-state index in [0.29, 0.717) is 23.4 Å². The van der Waals surface area contributed by atoms with Gasteiger partial charge in [-0.25, -0.2) is 9.80 Å². The van der Waals surface area contributed by atoms with Crippen LogP contribution in [0.15, 0.2) is 47.6 Å². The molecule has 1 aliphatic heterocycles. The summed E-state index contributed by atoms with van der Waals surface area (Å²) in [6.45, 7) is 3.99. The number of alkyl halides is 3. The normalized spacial score (nSPS) is 15.9. The predicted octanol–water partition coefficient (Wildman–Crippen LogP) is 5.33. The van der Waals surface area contributed by atoms with Crippen molar-refractivity contribution in [2.75, 3.05) is 19.0 Å². The number of hydrogen-bond acceptors (Lipinski definition) is 6. The molecule has 0 bridgehead atoms. The Labute approximate surface area is 200 Å².